The molecule has 9 heteroatoms. The number of rotatable bonds is 7. The highest BCUT2D eigenvalue weighted by atomic mass is 32.2. The highest BCUT2D eigenvalue weighted by Crippen LogP contribution is 2.31. The minimum atomic E-state index is -3.78. The Labute approximate surface area is 169 Å². The molecule has 0 atom stereocenters. The highest BCUT2D eigenvalue weighted by Gasteiger charge is 2.29. The Hall–Kier alpha value is -2.75. The van der Waals surface area contributed by atoms with Crippen molar-refractivity contribution in [3.05, 3.63) is 53.6 Å². The number of anilines is 2. The first-order valence-electron chi connectivity index (χ1n) is 9.08. The van der Waals surface area contributed by atoms with Crippen LogP contribution < -0.4 is 10.6 Å². The number of carbonyl (C=O) groups excluding carboxylic acids is 2. The van der Waals surface area contributed by atoms with Crippen LogP contribution in [0.4, 0.5) is 11.4 Å². The molecule has 0 aliphatic heterocycles. The highest BCUT2D eigenvalue weighted by molar-refractivity contribution is 7.89. The molecule has 2 amide bonds. The summed E-state index contributed by atoms with van der Waals surface area (Å²) in [6.45, 7) is 1.85. The first-order chi connectivity index (χ1) is 13.7. The summed E-state index contributed by atoms with van der Waals surface area (Å²) >= 11 is 0. The van der Waals surface area contributed by atoms with Crippen LogP contribution in [0, 0.1) is 12.8 Å². The lowest BCUT2D eigenvalue weighted by atomic mass is 10.1. The van der Waals surface area contributed by atoms with E-state index in [9.17, 15) is 18.0 Å². The summed E-state index contributed by atoms with van der Waals surface area (Å²) in [5.74, 6) is -0.312. The van der Waals surface area contributed by atoms with E-state index in [4.69, 9.17) is 4.84 Å². The van der Waals surface area contributed by atoms with Crippen molar-refractivity contribution in [2.75, 3.05) is 24.8 Å². The Morgan fingerprint density at radius 1 is 1.07 bits per heavy atom. The smallest absolute Gasteiger partial charge is 0.264 e. The third kappa shape index (κ3) is 4.81. The number of amides is 2. The molecule has 2 aromatic carbocycles. The maximum absolute atomic E-state index is 12.6. The van der Waals surface area contributed by atoms with E-state index >= 15 is 0 Å². The standard InChI is InChI=1S/C20H23N3O5S/c1-13-4-9-16(21-19(24)14-5-6-14)12-18(13)22-20(25)15-7-10-17(11-8-15)29(26,27)23(2)28-3/h4,7-12,14H,5-6H2,1-3H3,(H,21,24)(H,22,25). The fourth-order valence-electron chi connectivity index (χ4n) is 2.64. The topological polar surface area (TPSA) is 105 Å². The van der Waals surface area contributed by atoms with Crippen molar-refractivity contribution in [2.45, 2.75) is 24.7 Å². The van der Waals surface area contributed by atoms with E-state index in [-0.39, 0.29) is 22.6 Å². The predicted molar refractivity (Wildman–Crippen MR) is 109 cm³/mol. The molecule has 2 aromatic rings. The van der Waals surface area contributed by atoms with Gasteiger partial charge in [0.05, 0.1) is 12.0 Å². The molecule has 0 radical (unpaired) electrons. The number of nitrogens with one attached hydrogen (secondary N) is 2. The number of sulfonamides is 1. The average molecular weight is 417 g/mol. The number of hydroxylamine groups is 1. The van der Waals surface area contributed by atoms with E-state index in [2.05, 4.69) is 10.6 Å². The van der Waals surface area contributed by atoms with E-state index in [1.165, 1.54) is 38.4 Å². The van der Waals surface area contributed by atoms with Gasteiger partial charge in [0.25, 0.3) is 15.9 Å². The number of nitrogens with zero attached hydrogens (tertiary/aromatic N) is 1. The van der Waals surface area contributed by atoms with E-state index < -0.39 is 10.0 Å². The lowest BCUT2D eigenvalue weighted by Crippen LogP contribution is -2.25. The lowest BCUT2D eigenvalue weighted by Gasteiger charge is -2.14. The number of carbonyl (C=O) groups is 2. The molecule has 0 bridgehead atoms. The third-order valence-electron chi connectivity index (χ3n) is 4.71. The maximum Gasteiger partial charge on any atom is 0.264 e. The van der Waals surface area contributed by atoms with Crippen molar-refractivity contribution in [1.82, 2.24) is 4.47 Å². The number of hydrogen-bond acceptors (Lipinski definition) is 5. The van der Waals surface area contributed by atoms with Gasteiger partial charge in [-0.3, -0.25) is 14.4 Å². The summed E-state index contributed by atoms with van der Waals surface area (Å²) in [5, 5.41) is 5.65. The summed E-state index contributed by atoms with van der Waals surface area (Å²) in [6, 6.07) is 10.9. The SMILES string of the molecule is CON(C)S(=O)(=O)c1ccc(C(=O)Nc2cc(NC(=O)C3CC3)ccc2C)cc1. The van der Waals surface area contributed by atoms with Crippen LogP contribution in [0.2, 0.25) is 0 Å². The van der Waals surface area contributed by atoms with Gasteiger partial charge >= 0.3 is 0 Å². The number of aryl methyl sites for hydroxylation is 1. The summed E-state index contributed by atoms with van der Waals surface area (Å²) in [6.07, 6.45) is 1.82. The molecule has 2 N–H and O–H groups in total. The van der Waals surface area contributed by atoms with Gasteiger partial charge in [0.1, 0.15) is 0 Å². The molecule has 1 fully saturated rings. The second kappa shape index (κ2) is 8.32. The van der Waals surface area contributed by atoms with Gasteiger partial charge in [-0.25, -0.2) is 8.42 Å². The van der Waals surface area contributed by atoms with Gasteiger partial charge in [-0.1, -0.05) is 10.5 Å². The van der Waals surface area contributed by atoms with Crippen molar-refractivity contribution in [2.24, 2.45) is 5.92 Å². The van der Waals surface area contributed by atoms with Gasteiger partial charge in [0.15, 0.2) is 0 Å². The molecule has 29 heavy (non-hydrogen) atoms. The van der Waals surface area contributed by atoms with E-state index in [1.54, 1.807) is 12.1 Å². The van der Waals surface area contributed by atoms with Crippen LogP contribution in [-0.4, -0.2) is 38.9 Å². The van der Waals surface area contributed by atoms with Crippen LogP contribution in [0.1, 0.15) is 28.8 Å². The minimum absolute atomic E-state index is 0.0102. The fourth-order valence-corrected chi connectivity index (χ4v) is 3.62. The molecule has 3 rings (SSSR count). The second-order valence-corrected chi connectivity index (χ2v) is 8.80. The summed E-state index contributed by atoms with van der Waals surface area (Å²) in [5.41, 5.74) is 2.32. The Bertz CT molecular complexity index is 1030. The quantitative estimate of drug-likeness (QED) is 0.674. The van der Waals surface area contributed by atoms with Gasteiger partial charge < -0.3 is 10.6 Å². The maximum atomic E-state index is 12.6. The molecule has 0 heterocycles. The Morgan fingerprint density at radius 2 is 1.72 bits per heavy atom. The summed E-state index contributed by atoms with van der Waals surface area (Å²) in [7, 11) is -1.24. The number of hydrogen-bond donors (Lipinski definition) is 2. The van der Waals surface area contributed by atoms with Crippen molar-refractivity contribution in [3.8, 4) is 0 Å². The van der Waals surface area contributed by atoms with Crippen LogP contribution in [-0.2, 0) is 19.7 Å². The normalized spacial score (nSPS) is 13.9. The average Bonchev–Trinajstić information content (AvgIpc) is 3.55. The van der Waals surface area contributed by atoms with E-state index in [0.717, 1.165) is 22.9 Å². The zero-order valence-electron chi connectivity index (χ0n) is 16.4. The molecule has 1 saturated carbocycles. The molecule has 0 spiro atoms. The third-order valence-corrected chi connectivity index (χ3v) is 6.41. The van der Waals surface area contributed by atoms with Gasteiger partial charge in [0.2, 0.25) is 5.91 Å². The summed E-state index contributed by atoms with van der Waals surface area (Å²) < 4.78 is 25.2. The van der Waals surface area contributed by atoms with Crippen molar-refractivity contribution >= 4 is 33.2 Å². The first kappa shape index (κ1) is 21.0. The van der Waals surface area contributed by atoms with Crippen molar-refractivity contribution in [3.63, 3.8) is 0 Å². The molecule has 0 saturated heterocycles. The molecule has 8 nitrogen and oxygen atoms in total. The second-order valence-electron chi connectivity index (χ2n) is 6.87. The van der Waals surface area contributed by atoms with Crippen LogP contribution in [0.25, 0.3) is 0 Å². The minimum Gasteiger partial charge on any atom is -0.326 e. The molecule has 1 aliphatic carbocycles. The summed E-state index contributed by atoms with van der Waals surface area (Å²) in [4.78, 5) is 29.3. The largest absolute Gasteiger partial charge is 0.326 e. The Balaban J connectivity index is 1.73. The fraction of sp³-hybridized carbons (Fsp3) is 0.300. The van der Waals surface area contributed by atoms with Crippen molar-refractivity contribution < 1.29 is 22.8 Å². The molecular formula is C20H23N3O5S. The number of benzene rings is 2. The molecule has 0 aromatic heterocycles. The Morgan fingerprint density at radius 3 is 2.31 bits per heavy atom. The van der Waals surface area contributed by atoms with Gasteiger partial charge in [-0.2, -0.15) is 0 Å². The predicted octanol–water partition coefficient (Wildman–Crippen LogP) is 2.78. The molecule has 0 unspecified atom stereocenters. The van der Waals surface area contributed by atoms with Crippen LogP contribution in [0.5, 0.6) is 0 Å². The Kier molecular flexibility index (Phi) is 6.02. The lowest BCUT2D eigenvalue weighted by molar-refractivity contribution is -0.117. The monoisotopic (exact) mass is 417 g/mol. The zero-order valence-corrected chi connectivity index (χ0v) is 17.2. The van der Waals surface area contributed by atoms with Crippen LogP contribution >= 0.6 is 0 Å². The first-order valence-corrected chi connectivity index (χ1v) is 10.5. The van der Waals surface area contributed by atoms with Crippen LogP contribution in [0.15, 0.2) is 47.4 Å². The van der Waals surface area contributed by atoms with Gasteiger partial charge in [-0.05, 0) is 61.7 Å². The van der Waals surface area contributed by atoms with Gasteiger partial charge in [0, 0.05) is 29.9 Å². The molecule has 154 valence electrons. The van der Waals surface area contributed by atoms with E-state index in [0.29, 0.717) is 16.9 Å². The van der Waals surface area contributed by atoms with Crippen molar-refractivity contribution in [1.29, 1.82) is 0 Å². The molecule has 1 aliphatic rings. The van der Waals surface area contributed by atoms with Gasteiger partial charge in [-0.15, -0.1) is 0 Å². The zero-order chi connectivity index (χ0) is 21.2. The van der Waals surface area contributed by atoms with Crippen LogP contribution in [0.3, 0.4) is 0 Å². The van der Waals surface area contributed by atoms with E-state index in [1.807, 2.05) is 13.0 Å². The molecular weight excluding hydrogens is 394 g/mol.